The normalized spacial score (nSPS) is 33.5. The van der Waals surface area contributed by atoms with Crippen molar-refractivity contribution >= 4 is 18.7 Å². The molecule has 4 aliphatic rings. The summed E-state index contributed by atoms with van der Waals surface area (Å²) < 4.78 is 7.74. The van der Waals surface area contributed by atoms with Gasteiger partial charge in [-0.05, 0) is 126 Å². The molecule has 0 heterocycles. The number of hydrogen-bond acceptors (Lipinski definition) is 1. The molecule has 0 spiro atoms. The Morgan fingerprint density at radius 1 is 0.848 bits per heavy atom. The molecule has 0 aliphatic heterocycles. The SMILES string of the molecule is C=C(CC[C@@H](C)[C@H]1CC[C@H]2C3=CCC4CC(O[Si](c5ccccc5)(c5ccccc5)C(C)(C)C)CC[C@]4(C)[C@H]3CC[C@]12C)C(C)C. The van der Waals surface area contributed by atoms with Crippen LogP contribution in [0.4, 0.5) is 0 Å². The molecule has 8 atom stereocenters. The van der Waals surface area contributed by atoms with E-state index < -0.39 is 8.32 Å². The zero-order chi connectivity index (χ0) is 32.9. The summed E-state index contributed by atoms with van der Waals surface area (Å²) in [5.74, 6) is 4.56. The van der Waals surface area contributed by atoms with E-state index >= 15 is 0 Å². The second-order valence-electron chi connectivity index (χ2n) is 18.0. The first-order valence-corrected chi connectivity index (χ1v) is 20.9. The minimum atomic E-state index is -2.54. The van der Waals surface area contributed by atoms with Crippen molar-refractivity contribution in [3.63, 3.8) is 0 Å². The predicted octanol–water partition coefficient (Wildman–Crippen LogP) is 11.1. The van der Waals surface area contributed by atoms with E-state index in [1.807, 2.05) is 5.57 Å². The largest absolute Gasteiger partial charge is 0.404 e. The fourth-order valence-electron chi connectivity index (χ4n) is 11.4. The summed E-state index contributed by atoms with van der Waals surface area (Å²) in [4.78, 5) is 0. The number of fused-ring (bicyclic) bond motifs is 5. The molecule has 2 aromatic rings. The molecule has 3 fully saturated rings. The molecule has 2 unspecified atom stereocenters. The quantitative estimate of drug-likeness (QED) is 0.197. The smallest absolute Gasteiger partial charge is 0.261 e. The van der Waals surface area contributed by atoms with Gasteiger partial charge >= 0.3 is 0 Å². The highest BCUT2D eigenvalue weighted by molar-refractivity contribution is 6.99. The van der Waals surface area contributed by atoms with E-state index in [0.29, 0.717) is 22.9 Å². The van der Waals surface area contributed by atoms with Gasteiger partial charge < -0.3 is 4.43 Å². The number of benzene rings is 2. The van der Waals surface area contributed by atoms with E-state index in [2.05, 4.69) is 129 Å². The Balaban J connectivity index is 1.22. The fourth-order valence-corrected chi connectivity index (χ4v) is 16.1. The van der Waals surface area contributed by atoms with Gasteiger partial charge in [-0.2, -0.15) is 0 Å². The van der Waals surface area contributed by atoms with Gasteiger partial charge in [0.15, 0.2) is 0 Å². The van der Waals surface area contributed by atoms with Crippen molar-refractivity contribution in [3.8, 4) is 0 Å². The molecule has 0 saturated heterocycles. The first-order valence-electron chi connectivity index (χ1n) is 19.0. The van der Waals surface area contributed by atoms with Gasteiger partial charge in [-0.15, -0.1) is 0 Å². The summed E-state index contributed by atoms with van der Waals surface area (Å²) >= 11 is 0. The topological polar surface area (TPSA) is 9.23 Å². The lowest BCUT2D eigenvalue weighted by atomic mass is 9.47. The zero-order valence-corrected chi connectivity index (χ0v) is 31.6. The van der Waals surface area contributed by atoms with E-state index in [-0.39, 0.29) is 5.04 Å². The molecule has 2 aromatic carbocycles. The maximum Gasteiger partial charge on any atom is 0.261 e. The summed E-state index contributed by atoms with van der Waals surface area (Å²) in [6.07, 6.45) is 16.3. The number of allylic oxidation sites excluding steroid dienone is 3. The molecule has 250 valence electrons. The summed E-state index contributed by atoms with van der Waals surface area (Å²) in [6.45, 7) is 24.3. The number of hydrogen-bond donors (Lipinski definition) is 0. The molecule has 3 saturated carbocycles. The summed E-state index contributed by atoms with van der Waals surface area (Å²) in [5.41, 5.74) is 4.22. The molecule has 0 aromatic heterocycles. The first kappa shape index (κ1) is 34.0. The van der Waals surface area contributed by atoms with Gasteiger partial charge in [-0.1, -0.05) is 140 Å². The van der Waals surface area contributed by atoms with Gasteiger partial charge in [0.1, 0.15) is 0 Å². The molecule has 0 amide bonds. The molecular weight excluding hydrogens is 573 g/mol. The first-order chi connectivity index (χ1) is 21.8. The maximum absolute atomic E-state index is 7.74. The molecule has 1 nitrogen and oxygen atoms in total. The van der Waals surface area contributed by atoms with E-state index in [9.17, 15) is 0 Å². The molecule has 0 bridgehead atoms. The maximum atomic E-state index is 7.74. The minimum absolute atomic E-state index is 0.0299. The molecule has 0 radical (unpaired) electrons. The Morgan fingerprint density at radius 3 is 2.02 bits per heavy atom. The summed E-state index contributed by atoms with van der Waals surface area (Å²) in [5, 5.41) is 2.86. The van der Waals surface area contributed by atoms with E-state index in [4.69, 9.17) is 4.43 Å². The van der Waals surface area contributed by atoms with E-state index in [1.54, 1.807) is 0 Å². The van der Waals surface area contributed by atoms with Crippen LogP contribution < -0.4 is 10.4 Å². The third-order valence-corrected chi connectivity index (χ3v) is 19.4. The predicted molar refractivity (Wildman–Crippen MR) is 200 cm³/mol. The lowest BCUT2D eigenvalue weighted by molar-refractivity contribution is -0.0387. The van der Waals surface area contributed by atoms with Crippen LogP contribution in [-0.4, -0.2) is 14.4 Å². The van der Waals surface area contributed by atoms with Crippen LogP contribution in [0.5, 0.6) is 0 Å². The number of rotatable bonds is 9. The standard InChI is InChI=1S/C44H64OSi/c1-31(2)32(3)20-21-33(4)39-24-25-40-38-23-22-34-30-35(26-28-43(34,8)41(38)27-29-44(39,40)9)45-46(42(5,6)7,36-16-12-10-13-17-36)37-18-14-11-15-19-37/h10-19,23,31,33-35,39-41H,3,20-22,24-30H2,1-2,4-9H3/t33-,34?,35?,39-,40+,41+,43+,44-/m1/s1. The lowest BCUT2D eigenvalue weighted by Crippen LogP contribution is -2.68. The molecule has 46 heavy (non-hydrogen) atoms. The molecule has 4 aliphatic carbocycles. The van der Waals surface area contributed by atoms with Gasteiger partial charge in [-0.25, -0.2) is 0 Å². The fraction of sp³-hybridized carbons (Fsp3) is 0.636. The highest BCUT2D eigenvalue weighted by Gasteiger charge is 2.59. The van der Waals surface area contributed by atoms with Crippen LogP contribution in [0.2, 0.25) is 5.04 Å². The Kier molecular flexibility index (Phi) is 9.49. The van der Waals surface area contributed by atoms with E-state index in [1.165, 1.54) is 80.2 Å². The van der Waals surface area contributed by atoms with Crippen LogP contribution in [0.3, 0.4) is 0 Å². The third kappa shape index (κ3) is 5.76. The minimum Gasteiger partial charge on any atom is -0.404 e. The van der Waals surface area contributed by atoms with Crippen molar-refractivity contribution in [1.82, 2.24) is 0 Å². The lowest BCUT2D eigenvalue weighted by Gasteiger charge is -2.58. The van der Waals surface area contributed by atoms with Crippen molar-refractivity contribution in [2.24, 2.45) is 46.3 Å². The third-order valence-electron chi connectivity index (χ3n) is 14.3. The van der Waals surface area contributed by atoms with Gasteiger partial charge in [0.25, 0.3) is 8.32 Å². The van der Waals surface area contributed by atoms with Crippen LogP contribution in [0.25, 0.3) is 0 Å². The van der Waals surface area contributed by atoms with Gasteiger partial charge in [0.2, 0.25) is 0 Å². The molecule has 2 heteroatoms. The zero-order valence-electron chi connectivity index (χ0n) is 30.6. The second-order valence-corrected chi connectivity index (χ2v) is 22.2. The van der Waals surface area contributed by atoms with Crippen molar-refractivity contribution in [1.29, 1.82) is 0 Å². The highest BCUT2D eigenvalue weighted by atomic mass is 28.4. The van der Waals surface area contributed by atoms with Crippen molar-refractivity contribution in [3.05, 3.63) is 84.5 Å². The van der Waals surface area contributed by atoms with Crippen LogP contribution >= 0.6 is 0 Å². The molecule has 0 N–H and O–H groups in total. The van der Waals surface area contributed by atoms with Crippen molar-refractivity contribution in [2.75, 3.05) is 0 Å². The van der Waals surface area contributed by atoms with Crippen LogP contribution in [0, 0.1) is 46.3 Å². The van der Waals surface area contributed by atoms with Crippen molar-refractivity contribution in [2.45, 2.75) is 131 Å². The highest BCUT2D eigenvalue weighted by Crippen LogP contribution is 2.67. The van der Waals surface area contributed by atoms with Gasteiger partial charge in [0, 0.05) is 6.10 Å². The van der Waals surface area contributed by atoms with Gasteiger partial charge in [0.05, 0.1) is 0 Å². The van der Waals surface area contributed by atoms with Gasteiger partial charge in [-0.3, -0.25) is 0 Å². The average Bonchev–Trinajstić information content (AvgIpc) is 3.40. The van der Waals surface area contributed by atoms with E-state index in [0.717, 1.165) is 29.6 Å². The van der Waals surface area contributed by atoms with Crippen LogP contribution in [-0.2, 0) is 4.43 Å². The Labute approximate surface area is 283 Å². The van der Waals surface area contributed by atoms with Crippen molar-refractivity contribution < 1.29 is 4.43 Å². The Bertz CT molecular complexity index is 1340. The second kappa shape index (κ2) is 12.8. The van der Waals surface area contributed by atoms with Crippen LogP contribution in [0.1, 0.15) is 120 Å². The average molecular weight is 637 g/mol. The molecule has 6 rings (SSSR count). The summed E-state index contributed by atoms with van der Waals surface area (Å²) in [7, 11) is -2.54. The monoisotopic (exact) mass is 636 g/mol. The summed E-state index contributed by atoms with van der Waals surface area (Å²) in [6, 6.07) is 22.6. The molecular formula is C44H64OSi. The van der Waals surface area contributed by atoms with Crippen LogP contribution in [0.15, 0.2) is 84.5 Å². The Hall–Kier alpha value is -1.90. The Morgan fingerprint density at radius 2 is 1.43 bits per heavy atom.